The third-order valence-corrected chi connectivity index (χ3v) is 3.54. The quantitative estimate of drug-likeness (QED) is 0.733. The standard InChI is InChI=1S/C6H4N2O2S2/c7-3-2-1-8-12-6(2)11-4(3)5(9)10/h1H,7H2,(H,9,10). The van der Waals surface area contributed by atoms with Gasteiger partial charge in [-0.25, -0.2) is 4.79 Å². The minimum atomic E-state index is -0.971. The summed E-state index contributed by atoms with van der Waals surface area (Å²) in [7, 11) is 0. The van der Waals surface area contributed by atoms with Crippen LogP contribution in [0.4, 0.5) is 5.69 Å². The van der Waals surface area contributed by atoms with E-state index in [0.717, 1.165) is 9.40 Å². The summed E-state index contributed by atoms with van der Waals surface area (Å²) in [6.45, 7) is 0. The summed E-state index contributed by atoms with van der Waals surface area (Å²) >= 11 is 2.44. The average Bonchev–Trinajstić information content (AvgIpc) is 2.53. The van der Waals surface area contributed by atoms with Gasteiger partial charge in [-0.3, -0.25) is 0 Å². The van der Waals surface area contributed by atoms with Gasteiger partial charge in [0.1, 0.15) is 8.89 Å². The van der Waals surface area contributed by atoms with Gasteiger partial charge in [0.15, 0.2) is 0 Å². The third kappa shape index (κ3) is 0.886. The number of carboxylic acid groups (broad SMARTS) is 1. The van der Waals surface area contributed by atoms with Crippen molar-refractivity contribution in [3.05, 3.63) is 11.1 Å². The van der Waals surface area contributed by atoms with Crippen LogP contribution in [0, 0.1) is 0 Å². The van der Waals surface area contributed by atoms with Crippen LogP contribution < -0.4 is 5.73 Å². The number of hydrogen-bond donors (Lipinski definition) is 2. The highest BCUT2D eigenvalue weighted by Crippen LogP contribution is 2.35. The van der Waals surface area contributed by atoms with E-state index >= 15 is 0 Å². The minimum absolute atomic E-state index is 0.207. The van der Waals surface area contributed by atoms with E-state index in [0.29, 0.717) is 5.69 Å². The van der Waals surface area contributed by atoms with E-state index in [1.165, 1.54) is 22.9 Å². The van der Waals surface area contributed by atoms with E-state index in [-0.39, 0.29) is 4.88 Å². The summed E-state index contributed by atoms with van der Waals surface area (Å²) in [6, 6.07) is 0. The van der Waals surface area contributed by atoms with Crippen LogP contribution in [0.2, 0.25) is 0 Å². The summed E-state index contributed by atoms with van der Waals surface area (Å²) in [5, 5.41) is 9.45. The number of carboxylic acids is 1. The molecule has 12 heavy (non-hydrogen) atoms. The van der Waals surface area contributed by atoms with E-state index < -0.39 is 5.97 Å². The number of nitrogens with zero attached hydrogens (tertiary/aromatic N) is 1. The Kier molecular flexibility index (Phi) is 1.52. The zero-order valence-corrected chi connectivity index (χ0v) is 7.41. The Bertz CT molecular complexity index is 445. The molecule has 2 rings (SSSR count). The molecule has 2 aromatic heterocycles. The summed E-state index contributed by atoms with van der Waals surface area (Å²) in [5.41, 5.74) is 5.91. The first kappa shape index (κ1) is 7.51. The Morgan fingerprint density at radius 2 is 2.42 bits per heavy atom. The lowest BCUT2D eigenvalue weighted by atomic mass is 10.3. The first-order valence-corrected chi connectivity index (χ1v) is 4.65. The lowest BCUT2D eigenvalue weighted by Gasteiger charge is -1.88. The van der Waals surface area contributed by atoms with E-state index in [9.17, 15) is 4.79 Å². The summed E-state index contributed by atoms with van der Waals surface area (Å²) in [6.07, 6.45) is 1.60. The fourth-order valence-electron chi connectivity index (χ4n) is 0.911. The van der Waals surface area contributed by atoms with Crippen molar-refractivity contribution in [1.29, 1.82) is 0 Å². The molecule has 0 amide bonds. The van der Waals surface area contributed by atoms with Crippen LogP contribution in [-0.2, 0) is 0 Å². The molecule has 0 saturated carbocycles. The smallest absolute Gasteiger partial charge is 0.348 e. The molecular weight excluding hydrogens is 196 g/mol. The van der Waals surface area contributed by atoms with Gasteiger partial charge in [-0.15, -0.1) is 11.3 Å². The fourth-order valence-corrected chi connectivity index (χ4v) is 2.72. The number of aromatic carboxylic acids is 1. The zero-order chi connectivity index (χ0) is 8.72. The Hall–Kier alpha value is -1.14. The number of rotatable bonds is 1. The Balaban J connectivity index is 2.78. The predicted octanol–water partition coefficient (Wildman–Crippen LogP) is 1.64. The summed E-state index contributed by atoms with van der Waals surface area (Å²) in [5.74, 6) is -0.971. The number of thiophene rings is 1. The molecule has 0 bridgehead atoms. The normalized spacial score (nSPS) is 10.7. The number of nitrogens with two attached hydrogens (primary N) is 1. The molecule has 62 valence electrons. The molecular formula is C6H4N2O2S2. The number of hydrogen-bond acceptors (Lipinski definition) is 5. The molecule has 2 aromatic rings. The van der Waals surface area contributed by atoms with Gasteiger partial charge in [-0.2, -0.15) is 4.37 Å². The van der Waals surface area contributed by atoms with E-state index in [1.54, 1.807) is 6.20 Å². The molecule has 0 aromatic carbocycles. The van der Waals surface area contributed by atoms with E-state index in [4.69, 9.17) is 10.8 Å². The molecule has 0 aliphatic heterocycles. The monoisotopic (exact) mass is 200 g/mol. The van der Waals surface area contributed by atoms with Crippen LogP contribution in [0.3, 0.4) is 0 Å². The Morgan fingerprint density at radius 3 is 3.00 bits per heavy atom. The highest BCUT2D eigenvalue weighted by molar-refractivity contribution is 7.37. The van der Waals surface area contributed by atoms with Crippen LogP contribution in [0.5, 0.6) is 0 Å². The van der Waals surface area contributed by atoms with E-state index in [1.807, 2.05) is 0 Å². The molecule has 0 saturated heterocycles. The van der Waals surface area contributed by atoms with Crippen LogP contribution >= 0.6 is 22.9 Å². The summed E-state index contributed by atoms with van der Waals surface area (Å²) in [4.78, 5) is 10.8. The van der Waals surface area contributed by atoms with Crippen molar-refractivity contribution in [2.45, 2.75) is 0 Å². The maximum Gasteiger partial charge on any atom is 0.348 e. The second kappa shape index (κ2) is 2.43. The van der Waals surface area contributed by atoms with Gasteiger partial charge in [0, 0.05) is 5.39 Å². The van der Waals surface area contributed by atoms with Crippen LogP contribution in [-0.4, -0.2) is 15.4 Å². The first-order chi connectivity index (χ1) is 5.70. The van der Waals surface area contributed by atoms with Crippen molar-refractivity contribution >= 4 is 43.9 Å². The molecule has 0 spiro atoms. The van der Waals surface area contributed by atoms with Crippen molar-refractivity contribution in [2.24, 2.45) is 0 Å². The molecule has 0 unspecified atom stereocenters. The minimum Gasteiger partial charge on any atom is -0.477 e. The molecule has 0 aliphatic carbocycles. The van der Waals surface area contributed by atoms with Crippen molar-refractivity contribution < 1.29 is 9.90 Å². The van der Waals surface area contributed by atoms with Gasteiger partial charge in [0.05, 0.1) is 11.9 Å². The van der Waals surface area contributed by atoms with Gasteiger partial charge >= 0.3 is 5.97 Å². The predicted molar refractivity (Wildman–Crippen MR) is 48.9 cm³/mol. The number of anilines is 1. The Morgan fingerprint density at radius 1 is 1.67 bits per heavy atom. The molecule has 0 aliphatic rings. The van der Waals surface area contributed by atoms with E-state index in [2.05, 4.69) is 4.37 Å². The van der Waals surface area contributed by atoms with Crippen molar-refractivity contribution in [3.8, 4) is 0 Å². The second-order valence-corrected chi connectivity index (χ2v) is 4.26. The average molecular weight is 200 g/mol. The topological polar surface area (TPSA) is 76.2 Å². The van der Waals surface area contributed by atoms with Gasteiger partial charge < -0.3 is 10.8 Å². The molecule has 0 fully saturated rings. The fraction of sp³-hybridized carbons (Fsp3) is 0. The summed E-state index contributed by atoms with van der Waals surface area (Å²) < 4.78 is 4.77. The molecule has 4 nitrogen and oxygen atoms in total. The zero-order valence-electron chi connectivity index (χ0n) is 5.77. The maximum atomic E-state index is 10.6. The number of aromatic nitrogens is 1. The van der Waals surface area contributed by atoms with Crippen molar-refractivity contribution in [1.82, 2.24) is 4.37 Å². The molecule has 0 radical (unpaired) electrons. The molecule has 2 heterocycles. The lowest BCUT2D eigenvalue weighted by molar-refractivity contribution is 0.0703. The van der Waals surface area contributed by atoms with Gasteiger partial charge in [-0.05, 0) is 11.5 Å². The first-order valence-electron chi connectivity index (χ1n) is 3.06. The molecule has 3 N–H and O–H groups in total. The largest absolute Gasteiger partial charge is 0.477 e. The third-order valence-electron chi connectivity index (χ3n) is 1.46. The van der Waals surface area contributed by atoms with Crippen molar-refractivity contribution in [3.63, 3.8) is 0 Å². The number of carbonyl (C=O) groups is 1. The maximum absolute atomic E-state index is 10.6. The Labute approximate surface area is 75.4 Å². The van der Waals surface area contributed by atoms with Crippen LogP contribution in [0.25, 0.3) is 9.40 Å². The SMILES string of the molecule is Nc1c(C(=O)O)sc2sncc12. The van der Waals surface area contributed by atoms with Crippen molar-refractivity contribution in [2.75, 3.05) is 5.73 Å². The molecule has 6 heteroatoms. The number of fused-ring (bicyclic) bond motifs is 1. The second-order valence-electron chi connectivity index (χ2n) is 2.18. The highest BCUT2D eigenvalue weighted by Gasteiger charge is 2.16. The van der Waals surface area contributed by atoms with Gasteiger partial charge in [0.2, 0.25) is 0 Å². The van der Waals surface area contributed by atoms with Crippen LogP contribution in [0.1, 0.15) is 9.67 Å². The van der Waals surface area contributed by atoms with Gasteiger partial charge in [0.25, 0.3) is 0 Å². The molecule has 0 atom stereocenters. The lowest BCUT2D eigenvalue weighted by Crippen LogP contribution is -1.96. The van der Waals surface area contributed by atoms with Gasteiger partial charge in [-0.1, -0.05) is 0 Å². The van der Waals surface area contributed by atoms with Crippen LogP contribution in [0.15, 0.2) is 6.20 Å². The highest BCUT2D eigenvalue weighted by atomic mass is 32.2. The number of nitrogen functional groups attached to an aromatic ring is 1.